The predicted molar refractivity (Wildman–Crippen MR) is 85.9 cm³/mol. The van der Waals surface area contributed by atoms with Crippen LogP contribution in [0.15, 0.2) is 30.5 Å². The van der Waals surface area contributed by atoms with Crippen LogP contribution in [0, 0.1) is 0 Å². The fraction of sp³-hybridized carbons (Fsp3) is 0.375. The lowest BCUT2D eigenvalue weighted by molar-refractivity contribution is 0.0914. The van der Waals surface area contributed by atoms with Crippen LogP contribution in [0.1, 0.15) is 29.8 Å². The largest absolute Gasteiger partial charge is 0.497 e. The lowest BCUT2D eigenvalue weighted by Crippen LogP contribution is -2.45. The van der Waals surface area contributed by atoms with Gasteiger partial charge in [-0.1, -0.05) is 12.1 Å². The first kappa shape index (κ1) is 15.9. The summed E-state index contributed by atoms with van der Waals surface area (Å²) in [6.45, 7) is 3.94. The van der Waals surface area contributed by atoms with Gasteiger partial charge in [0, 0.05) is 12.6 Å². The standard InChI is InChI=1S/C16H22N4O2/c1-16(2,9-11-6-5-7-12(8-11)22-4)19-15(21)13-10-18-20(3)14(13)17/h5-8,10H,9,17H2,1-4H3,(H,19,21). The molecule has 0 aliphatic rings. The van der Waals surface area contributed by atoms with Gasteiger partial charge in [0.1, 0.15) is 17.1 Å². The minimum Gasteiger partial charge on any atom is -0.497 e. The third-order valence-electron chi connectivity index (χ3n) is 3.46. The number of benzene rings is 1. The van der Waals surface area contributed by atoms with Crippen molar-refractivity contribution in [2.45, 2.75) is 25.8 Å². The average molecular weight is 302 g/mol. The number of ether oxygens (including phenoxy) is 1. The Balaban J connectivity index is 2.10. The molecule has 0 aliphatic heterocycles. The second-order valence-electron chi connectivity index (χ2n) is 5.93. The molecule has 0 radical (unpaired) electrons. The number of hydrogen-bond acceptors (Lipinski definition) is 4. The highest BCUT2D eigenvalue weighted by Crippen LogP contribution is 2.19. The predicted octanol–water partition coefficient (Wildman–Crippen LogP) is 1.76. The van der Waals surface area contributed by atoms with Crippen molar-refractivity contribution in [2.24, 2.45) is 7.05 Å². The minimum absolute atomic E-state index is 0.224. The Morgan fingerprint density at radius 2 is 2.18 bits per heavy atom. The third-order valence-corrected chi connectivity index (χ3v) is 3.46. The van der Waals surface area contributed by atoms with Crippen molar-refractivity contribution < 1.29 is 9.53 Å². The molecule has 118 valence electrons. The van der Waals surface area contributed by atoms with E-state index in [0.29, 0.717) is 17.8 Å². The number of nitrogens with two attached hydrogens (primary N) is 1. The first-order valence-corrected chi connectivity index (χ1v) is 7.05. The second kappa shape index (κ2) is 6.09. The van der Waals surface area contributed by atoms with Crippen LogP contribution in [0.25, 0.3) is 0 Å². The Bertz CT molecular complexity index is 677. The van der Waals surface area contributed by atoms with Crippen LogP contribution < -0.4 is 15.8 Å². The van der Waals surface area contributed by atoms with Crippen LogP contribution in [-0.2, 0) is 13.5 Å². The van der Waals surface area contributed by atoms with Crippen LogP contribution in [0.5, 0.6) is 5.75 Å². The molecular formula is C16H22N4O2. The van der Waals surface area contributed by atoms with E-state index in [9.17, 15) is 4.79 Å². The molecule has 1 aromatic heterocycles. The molecule has 2 rings (SSSR count). The number of rotatable bonds is 5. The van der Waals surface area contributed by atoms with Crippen LogP contribution in [0.3, 0.4) is 0 Å². The molecule has 1 aromatic carbocycles. The van der Waals surface area contributed by atoms with E-state index in [1.165, 1.54) is 10.9 Å². The highest BCUT2D eigenvalue weighted by molar-refractivity contribution is 5.98. The Morgan fingerprint density at radius 3 is 2.77 bits per heavy atom. The van der Waals surface area contributed by atoms with Crippen LogP contribution in [0.2, 0.25) is 0 Å². The molecule has 22 heavy (non-hydrogen) atoms. The normalized spacial score (nSPS) is 11.3. The van der Waals surface area contributed by atoms with Crippen LogP contribution in [0.4, 0.5) is 5.82 Å². The Morgan fingerprint density at radius 1 is 1.45 bits per heavy atom. The van der Waals surface area contributed by atoms with Gasteiger partial charge in [0.15, 0.2) is 0 Å². The van der Waals surface area contributed by atoms with E-state index in [1.807, 2.05) is 38.1 Å². The summed E-state index contributed by atoms with van der Waals surface area (Å²) in [5.74, 6) is 0.935. The second-order valence-corrected chi connectivity index (χ2v) is 5.93. The molecule has 0 spiro atoms. The van der Waals surface area contributed by atoms with E-state index in [4.69, 9.17) is 10.5 Å². The fourth-order valence-corrected chi connectivity index (χ4v) is 2.33. The molecule has 1 amide bonds. The van der Waals surface area contributed by atoms with Gasteiger partial charge in [0.2, 0.25) is 0 Å². The summed E-state index contributed by atoms with van der Waals surface area (Å²) in [5.41, 5.74) is 6.89. The molecule has 3 N–H and O–H groups in total. The molecule has 6 heteroatoms. The summed E-state index contributed by atoms with van der Waals surface area (Å²) < 4.78 is 6.70. The minimum atomic E-state index is -0.425. The van der Waals surface area contributed by atoms with E-state index in [2.05, 4.69) is 10.4 Å². The van der Waals surface area contributed by atoms with Crippen molar-refractivity contribution >= 4 is 11.7 Å². The zero-order chi connectivity index (χ0) is 16.3. The van der Waals surface area contributed by atoms with Crippen molar-refractivity contribution in [3.63, 3.8) is 0 Å². The highest BCUT2D eigenvalue weighted by atomic mass is 16.5. The van der Waals surface area contributed by atoms with Gasteiger partial charge in [-0.2, -0.15) is 5.10 Å². The summed E-state index contributed by atoms with van der Waals surface area (Å²) >= 11 is 0. The van der Waals surface area contributed by atoms with E-state index in [1.54, 1.807) is 14.2 Å². The van der Waals surface area contributed by atoms with E-state index < -0.39 is 5.54 Å². The number of aryl methyl sites for hydroxylation is 1. The van der Waals surface area contributed by atoms with E-state index in [0.717, 1.165) is 11.3 Å². The van der Waals surface area contributed by atoms with Crippen molar-refractivity contribution in [3.05, 3.63) is 41.6 Å². The topological polar surface area (TPSA) is 82.2 Å². The summed E-state index contributed by atoms with van der Waals surface area (Å²) in [7, 11) is 3.34. The summed E-state index contributed by atoms with van der Waals surface area (Å²) in [4.78, 5) is 12.3. The number of nitrogens with zero attached hydrogens (tertiary/aromatic N) is 2. The molecule has 0 aliphatic carbocycles. The number of nitrogens with one attached hydrogen (secondary N) is 1. The molecule has 0 saturated carbocycles. The quantitative estimate of drug-likeness (QED) is 0.881. The molecule has 2 aromatic rings. The maximum atomic E-state index is 12.3. The smallest absolute Gasteiger partial charge is 0.257 e. The first-order chi connectivity index (χ1) is 10.3. The lowest BCUT2D eigenvalue weighted by atomic mass is 9.94. The molecule has 0 bridgehead atoms. The zero-order valence-electron chi connectivity index (χ0n) is 13.4. The average Bonchev–Trinajstić information content (AvgIpc) is 2.78. The highest BCUT2D eigenvalue weighted by Gasteiger charge is 2.24. The number of anilines is 1. The van der Waals surface area contributed by atoms with E-state index >= 15 is 0 Å². The number of nitrogen functional groups attached to an aromatic ring is 1. The molecule has 1 heterocycles. The number of aromatic nitrogens is 2. The van der Waals surface area contributed by atoms with E-state index in [-0.39, 0.29) is 5.91 Å². The monoisotopic (exact) mass is 302 g/mol. The number of hydrogen-bond donors (Lipinski definition) is 2. The van der Waals surface area contributed by atoms with Crippen LogP contribution >= 0.6 is 0 Å². The van der Waals surface area contributed by atoms with Crippen molar-refractivity contribution in [1.29, 1.82) is 0 Å². The Labute approximate surface area is 130 Å². The van der Waals surface area contributed by atoms with Gasteiger partial charge < -0.3 is 15.8 Å². The van der Waals surface area contributed by atoms with Crippen molar-refractivity contribution in [3.8, 4) is 5.75 Å². The molecule has 0 fully saturated rings. The number of carbonyl (C=O) groups excluding carboxylic acids is 1. The van der Waals surface area contributed by atoms with Gasteiger partial charge in [0.05, 0.1) is 13.3 Å². The van der Waals surface area contributed by atoms with Gasteiger partial charge in [-0.15, -0.1) is 0 Å². The van der Waals surface area contributed by atoms with Gasteiger partial charge in [-0.3, -0.25) is 9.48 Å². The van der Waals surface area contributed by atoms with Crippen LogP contribution in [-0.4, -0.2) is 28.3 Å². The molecule has 0 unspecified atom stereocenters. The maximum absolute atomic E-state index is 12.3. The number of amides is 1. The SMILES string of the molecule is COc1cccc(CC(C)(C)NC(=O)c2cnn(C)c2N)c1. The van der Waals surface area contributed by atoms with Crippen molar-refractivity contribution in [2.75, 3.05) is 12.8 Å². The summed E-state index contributed by atoms with van der Waals surface area (Å²) in [5, 5.41) is 6.99. The number of carbonyl (C=O) groups is 1. The zero-order valence-corrected chi connectivity index (χ0v) is 13.4. The van der Waals surface area contributed by atoms with Gasteiger partial charge in [-0.05, 0) is 38.0 Å². The molecule has 0 atom stereocenters. The summed E-state index contributed by atoms with van der Waals surface area (Å²) in [6, 6.07) is 7.80. The fourth-order valence-electron chi connectivity index (χ4n) is 2.33. The van der Waals surface area contributed by atoms with Crippen molar-refractivity contribution in [1.82, 2.24) is 15.1 Å². The van der Waals surface area contributed by atoms with Gasteiger partial charge in [-0.25, -0.2) is 0 Å². The Kier molecular flexibility index (Phi) is 4.40. The molecular weight excluding hydrogens is 280 g/mol. The molecule has 0 saturated heterocycles. The number of methoxy groups -OCH3 is 1. The van der Waals surface area contributed by atoms with Gasteiger partial charge >= 0.3 is 0 Å². The van der Waals surface area contributed by atoms with Gasteiger partial charge in [0.25, 0.3) is 5.91 Å². The molecule has 6 nitrogen and oxygen atoms in total. The lowest BCUT2D eigenvalue weighted by Gasteiger charge is -2.26. The summed E-state index contributed by atoms with van der Waals surface area (Å²) in [6.07, 6.45) is 2.16. The Hall–Kier alpha value is -2.50. The maximum Gasteiger partial charge on any atom is 0.257 e. The first-order valence-electron chi connectivity index (χ1n) is 7.05. The third kappa shape index (κ3) is 3.58.